The number of hydrogen-bond donors (Lipinski definition) is 0. The van der Waals surface area contributed by atoms with Gasteiger partial charge in [0, 0.05) is 35.4 Å². The molecule has 8 bridgehead atoms. The Labute approximate surface area is 414 Å². The van der Waals surface area contributed by atoms with Crippen molar-refractivity contribution in [3.8, 4) is 46.6 Å². The number of benzene rings is 2. The maximum absolute atomic E-state index is 11.5. The van der Waals surface area contributed by atoms with E-state index in [1.165, 1.54) is 24.3 Å². The molecule has 352 valence electrons. The van der Waals surface area contributed by atoms with Crippen LogP contribution in [0.25, 0.3) is 0 Å². The Morgan fingerprint density at radius 3 is 0.843 bits per heavy atom. The van der Waals surface area contributed by atoms with Crippen LogP contribution in [0.15, 0.2) is 162 Å². The van der Waals surface area contributed by atoms with Gasteiger partial charge in [0.25, 0.3) is 11.4 Å². The van der Waals surface area contributed by atoms with Gasteiger partial charge in [-0.05, 0) is 106 Å². The zero-order valence-electron chi connectivity index (χ0n) is 42.0. The molecular weight excluding hydrogens is 901 g/mol. The minimum absolute atomic E-state index is 0.0188. The Kier molecular flexibility index (Phi) is 14.8. The van der Waals surface area contributed by atoms with E-state index in [2.05, 4.69) is 130 Å². The molecule has 7 rings (SSSR count). The molecule has 10 nitrogen and oxygen atoms in total. The van der Waals surface area contributed by atoms with Gasteiger partial charge in [-0.2, -0.15) is 0 Å². The van der Waals surface area contributed by atoms with E-state index < -0.39 is 26.0 Å². The van der Waals surface area contributed by atoms with E-state index in [1.54, 1.807) is 24.3 Å². The van der Waals surface area contributed by atoms with Gasteiger partial charge >= 0.3 is 0 Å². The molecule has 5 aliphatic rings. The van der Waals surface area contributed by atoms with E-state index in [0.29, 0.717) is 112 Å². The largest absolute Gasteiger partial charge is 0.269 e. The van der Waals surface area contributed by atoms with Crippen LogP contribution in [0, 0.1) is 66.8 Å². The lowest BCUT2D eigenvalue weighted by Gasteiger charge is -2.38. The predicted molar refractivity (Wildman–Crippen MR) is 292 cm³/mol. The van der Waals surface area contributed by atoms with Gasteiger partial charge in [0.1, 0.15) is 16.1 Å². The summed E-state index contributed by atoms with van der Waals surface area (Å²) in [7, 11) is -4.50. The summed E-state index contributed by atoms with van der Waals surface area (Å²) in [6, 6.07) is 12.3. The van der Waals surface area contributed by atoms with Crippen molar-refractivity contribution in [2.45, 2.75) is 116 Å². The molecule has 0 saturated heterocycles. The van der Waals surface area contributed by atoms with Gasteiger partial charge in [-0.15, -0.1) is 11.1 Å². The zero-order chi connectivity index (χ0) is 50.7. The first kappa shape index (κ1) is 50.4. The molecule has 2 aromatic rings. The molecule has 5 aliphatic heterocycles. The van der Waals surface area contributed by atoms with Gasteiger partial charge in [0.05, 0.1) is 77.8 Å². The van der Waals surface area contributed by atoms with E-state index in [9.17, 15) is 20.2 Å². The number of non-ortho nitro benzene ring substituents is 2. The van der Waals surface area contributed by atoms with Crippen LogP contribution in [0.1, 0.15) is 94.2 Å². The third kappa shape index (κ3) is 9.98. The molecule has 0 N–H and O–H groups in total. The van der Waals surface area contributed by atoms with Crippen molar-refractivity contribution in [2.75, 3.05) is 0 Å². The zero-order valence-corrected chi connectivity index (χ0v) is 44.0. The topological polar surface area (TPSA) is 136 Å². The first-order chi connectivity index (χ1) is 33.3. The van der Waals surface area contributed by atoms with Crippen LogP contribution in [-0.4, -0.2) is 48.8 Å². The third-order valence-electron chi connectivity index (χ3n) is 14.0. The molecule has 0 unspecified atom stereocenters. The maximum atomic E-state index is 11.5. The summed E-state index contributed by atoms with van der Waals surface area (Å²) >= 11 is 0. The van der Waals surface area contributed by atoms with E-state index in [-0.39, 0.29) is 11.4 Å². The fourth-order valence-electron chi connectivity index (χ4n) is 10.4. The van der Waals surface area contributed by atoms with Crippen molar-refractivity contribution >= 4 is 50.4 Å². The van der Waals surface area contributed by atoms with Gasteiger partial charge < -0.3 is 0 Å². The molecule has 0 atom stereocenters. The molecular formula is C58H58N6O4Si2. The van der Waals surface area contributed by atoms with Crippen LogP contribution in [0.3, 0.4) is 0 Å². The molecule has 2 aromatic carbocycles. The summed E-state index contributed by atoms with van der Waals surface area (Å²) in [5.74, 6) is 20.6. The number of nitro benzene ring substituents is 2. The van der Waals surface area contributed by atoms with E-state index in [4.69, 9.17) is 20.0 Å². The highest BCUT2D eigenvalue weighted by molar-refractivity contribution is 6.91. The standard InChI is InChI=1S/C58H58N6O4Si2/c1-37(2)69(38(3)4,39(5)6)35-33-49-55-29-25-51(59-55)47(23-17-43-13-19-45(20-14-43)63(65)66)53-27-31-57(61-53)50(34-36-70(40(7)8,41(9)10)42(11)12)58-32-28-54(62-58)48(52-26-30-56(49)60-52)24-18-44-15-21-46(22-16-44)64(67)68/h13-16,19-22,25-32,37-42H,1-12H3. The molecule has 70 heavy (non-hydrogen) atoms. The molecule has 0 radical (unpaired) electrons. The highest BCUT2D eigenvalue weighted by Gasteiger charge is 2.43. The van der Waals surface area contributed by atoms with Crippen LogP contribution in [0.5, 0.6) is 0 Å². The second kappa shape index (κ2) is 20.6. The lowest BCUT2D eigenvalue weighted by molar-refractivity contribution is -0.385. The minimum Gasteiger partial charge on any atom is -0.258 e. The SMILES string of the molecule is CC(C)[Si](C#CC1=C2C=CC(=N2)C(C#Cc2ccc([N+](=O)[O-])cc2)=C2C=CC(=N2)C(C#C[Si](C(C)C)(C(C)C)C(C)C)=C2C=CC(=N2)C(C#Cc2ccc([N+](=O)[O-])cc2)=C2C=CC1=N2)(C(C)C)C(C)C. The number of rotatable bonds is 8. The van der Waals surface area contributed by atoms with E-state index in [0.717, 1.165) is 0 Å². The fraction of sp³-hybridized carbons (Fsp3) is 0.310. The van der Waals surface area contributed by atoms with Crippen LogP contribution >= 0.6 is 0 Å². The molecule has 0 spiro atoms. The van der Waals surface area contributed by atoms with Gasteiger partial charge in [-0.3, -0.25) is 20.2 Å². The number of allylic oxidation sites excluding steroid dienone is 12. The van der Waals surface area contributed by atoms with Crippen molar-refractivity contribution in [3.05, 3.63) is 174 Å². The predicted octanol–water partition coefficient (Wildman–Crippen LogP) is 13.4. The highest BCUT2D eigenvalue weighted by atomic mass is 28.3. The molecule has 0 aromatic heterocycles. The van der Waals surface area contributed by atoms with Crippen molar-refractivity contribution in [1.82, 2.24) is 0 Å². The minimum atomic E-state index is -2.25. The van der Waals surface area contributed by atoms with Crippen molar-refractivity contribution in [1.29, 1.82) is 0 Å². The highest BCUT2D eigenvalue weighted by Crippen LogP contribution is 2.42. The molecule has 0 fully saturated rings. The van der Waals surface area contributed by atoms with E-state index in [1.807, 2.05) is 48.6 Å². The molecule has 12 heteroatoms. The fourth-order valence-corrected chi connectivity index (χ4v) is 20.8. The first-order valence-corrected chi connectivity index (χ1v) is 28.4. The number of nitro groups is 2. The summed E-state index contributed by atoms with van der Waals surface area (Å²) in [6.45, 7) is 27.4. The Bertz CT molecular complexity index is 2960. The third-order valence-corrected chi connectivity index (χ3v) is 26.5. The second-order valence-corrected chi connectivity index (χ2v) is 30.9. The second-order valence-electron chi connectivity index (χ2n) is 19.8. The Hall–Kier alpha value is -7.49. The van der Waals surface area contributed by atoms with Crippen LogP contribution in [0.4, 0.5) is 11.4 Å². The van der Waals surface area contributed by atoms with Gasteiger partial charge in [-0.25, -0.2) is 20.0 Å². The van der Waals surface area contributed by atoms with Crippen molar-refractivity contribution < 1.29 is 9.85 Å². The quantitative estimate of drug-likeness (QED) is 0.113. The summed E-state index contributed by atoms with van der Waals surface area (Å²) in [5.41, 5.74) is 18.6. The van der Waals surface area contributed by atoms with Crippen LogP contribution in [0.2, 0.25) is 33.2 Å². The Balaban J connectivity index is 1.56. The number of fused-ring (bicyclic) bond motifs is 4. The summed E-state index contributed by atoms with van der Waals surface area (Å²) in [4.78, 5) is 43.2. The first-order valence-electron chi connectivity index (χ1n) is 23.9. The summed E-state index contributed by atoms with van der Waals surface area (Å²) in [5, 5.41) is 23.0. The average molecular weight is 959 g/mol. The van der Waals surface area contributed by atoms with Crippen molar-refractivity contribution in [2.24, 2.45) is 20.0 Å². The van der Waals surface area contributed by atoms with Gasteiger partial charge in [-0.1, -0.05) is 119 Å². The van der Waals surface area contributed by atoms with Gasteiger partial charge in [0.2, 0.25) is 0 Å². The maximum Gasteiger partial charge on any atom is 0.269 e. The lowest BCUT2D eigenvalue weighted by Crippen LogP contribution is -2.43. The normalized spacial score (nSPS) is 16.1. The summed E-state index contributed by atoms with van der Waals surface area (Å²) < 4.78 is 0. The number of aliphatic imine (C=N–C) groups is 4. The monoisotopic (exact) mass is 958 g/mol. The van der Waals surface area contributed by atoms with Gasteiger partial charge in [0.15, 0.2) is 0 Å². The Morgan fingerprint density at radius 1 is 0.371 bits per heavy atom. The molecule has 0 amide bonds. The average Bonchev–Trinajstić information content (AvgIpc) is 4.16. The molecule has 5 heterocycles. The lowest BCUT2D eigenvalue weighted by atomic mass is 10.1. The smallest absolute Gasteiger partial charge is 0.258 e. The van der Waals surface area contributed by atoms with Crippen LogP contribution in [-0.2, 0) is 0 Å². The molecule has 0 aliphatic carbocycles. The van der Waals surface area contributed by atoms with Crippen molar-refractivity contribution in [3.63, 3.8) is 0 Å². The van der Waals surface area contributed by atoms with E-state index >= 15 is 0 Å². The summed E-state index contributed by atoms with van der Waals surface area (Å²) in [6.07, 6.45) is 15.5. The number of nitrogens with zero attached hydrogens (tertiary/aromatic N) is 6. The number of hydrogen-bond acceptors (Lipinski definition) is 8. The molecule has 0 saturated carbocycles. The van der Waals surface area contributed by atoms with Crippen LogP contribution < -0.4 is 0 Å². The Morgan fingerprint density at radius 2 is 0.614 bits per heavy atom.